The number of halogens is 1. The van der Waals surface area contributed by atoms with Gasteiger partial charge in [0.05, 0.1) is 0 Å². The molecule has 0 saturated carbocycles. The van der Waals surface area contributed by atoms with Crippen LogP contribution in [-0.4, -0.2) is 24.6 Å². The van der Waals surface area contributed by atoms with Gasteiger partial charge in [-0.2, -0.15) is 0 Å². The van der Waals surface area contributed by atoms with Crippen LogP contribution >= 0.6 is 20.8 Å². The van der Waals surface area contributed by atoms with Gasteiger partial charge in [-0.05, 0) is 0 Å². The fourth-order valence-electron chi connectivity index (χ4n) is 1.47. The van der Waals surface area contributed by atoms with E-state index in [-0.39, 0.29) is 0 Å². The number of hydrogen-bond donors (Lipinski definition) is 0. The quantitative estimate of drug-likeness (QED) is 0.682. The molecule has 1 nitrogen and oxygen atoms in total. The van der Waals surface area contributed by atoms with E-state index < -0.39 is 5.31 Å². The summed E-state index contributed by atoms with van der Waals surface area (Å²) in [5.41, 5.74) is 0. The second kappa shape index (κ2) is 4.58. The molecule has 0 saturated heterocycles. The Hall–Kier alpha value is 0.400. The summed E-state index contributed by atoms with van der Waals surface area (Å²) in [5.74, 6) is 0. The fraction of sp³-hybridized carbons (Fsp3) is 0.889. The first-order valence-corrected chi connectivity index (χ1v) is 9.63. The Labute approximate surface area is 84.2 Å². The third-order valence-corrected chi connectivity index (χ3v) is 14.8. The van der Waals surface area contributed by atoms with E-state index >= 15 is 0 Å². The van der Waals surface area contributed by atoms with Crippen molar-refractivity contribution in [1.29, 1.82) is 5.26 Å². The van der Waals surface area contributed by atoms with Gasteiger partial charge >= 0.3 is 84.0 Å². The molecule has 0 amide bonds. The van der Waals surface area contributed by atoms with E-state index in [0.717, 1.165) is 6.16 Å². The van der Waals surface area contributed by atoms with Crippen LogP contribution < -0.4 is 0 Å². The molecule has 0 aliphatic heterocycles. The topological polar surface area (TPSA) is 23.8 Å². The summed E-state index contributed by atoms with van der Waals surface area (Å²) < 4.78 is 0. The van der Waals surface area contributed by atoms with Crippen molar-refractivity contribution < 1.29 is 0 Å². The van der Waals surface area contributed by atoms with Crippen LogP contribution in [-0.2, 0) is 0 Å². The fourth-order valence-corrected chi connectivity index (χ4v) is 4.96. The second-order valence-corrected chi connectivity index (χ2v) is 15.4. The van der Waals surface area contributed by atoms with E-state index in [1.807, 2.05) is 0 Å². The maximum atomic E-state index is 8.58. The van der Waals surface area contributed by atoms with Gasteiger partial charge < -0.3 is 0 Å². The molecule has 0 aliphatic rings. The van der Waals surface area contributed by atoms with Gasteiger partial charge in [-0.1, -0.05) is 0 Å². The normalized spacial score (nSPS) is 14.8. The Balaban J connectivity index is 4.48. The van der Waals surface area contributed by atoms with E-state index in [4.69, 9.17) is 5.26 Å². The molecule has 0 bridgehead atoms. The number of nitrogens with zero attached hydrogens (tertiary/aromatic N) is 1. The minimum absolute atomic E-state index is 0.707. The summed E-state index contributed by atoms with van der Waals surface area (Å²) in [5, 5.41) is 6.97. The van der Waals surface area contributed by atoms with Crippen molar-refractivity contribution in [1.82, 2.24) is 0 Å². The number of rotatable bonds is 5. The molecule has 0 aromatic carbocycles. The van der Waals surface area contributed by atoms with Crippen molar-refractivity contribution in [2.24, 2.45) is 0 Å². The molecule has 0 aliphatic carbocycles. The predicted molar refractivity (Wildman–Crippen MR) is 62.6 cm³/mol. The van der Waals surface area contributed by atoms with Crippen LogP contribution in [0.25, 0.3) is 0 Å². The van der Waals surface area contributed by atoms with Crippen LogP contribution in [0.1, 0.15) is 27.2 Å². The summed E-state index contributed by atoms with van der Waals surface area (Å²) >= 11 is 3.97. The van der Waals surface area contributed by atoms with Gasteiger partial charge in [0.25, 0.3) is 0 Å². The first-order valence-electron chi connectivity index (χ1n) is 4.63. The van der Waals surface area contributed by atoms with E-state index in [0.29, 0.717) is 6.42 Å². The van der Waals surface area contributed by atoms with Gasteiger partial charge in [-0.25, -0.2) is 0 Å². The van der Waals surface area contributed by atoms with E-state index in [1.54, 1.807) is 0 Å². The van der Waals surface area contributed by atoms with Crippen LogP contribution in [0, 0.1) is 11.3 Å². The molecule has 0 spiro atoms. The predicted octanol–water partition coefficient (Wildman–Crippen LogP) is 3.82. The van der Waals surface area contributed by atoms with Gasteiger partial charge in [0.15, 0.2) is 0 Å². The van der Waals surface area contributed by atoms with E-state index in [1.165, 1.54) is 18.5 Å². The molecule has 72 valence electrons. The molecule has 0 atom stereocenters. The molecular weight excluding hydrogens is 233 g/mol. The van der Waals surface area contributed by atoms with Crippen LogP contribution in [0.15, 0.2) is 0 Å². The zero-order chi connectivity index (χ0) is 9.69. The average Bonchev–Trinajstić information content (AvgIpc) is 2.15. The maximum absolute atomic E-state index is 8.58. The summed E-state index contributed by atoms with van der Waals surface area (Å²) in [6, 6.07) is 2.25. The van der Waals surface area contributed by atoms with Gasteiger partial charge in [-0.3, -0.25) is 0 Å². The average molecular weight is 252 g/mol. The summed E-state index contributed by atoms with van der Waals surface area (Å²) in [6.45, 7) is 6.74. The molecule has 0 rings (SSSR count). The van der Waals surface area contributed by atoms with E-state index in [9.17, 15) is 0 Å². The van der Waals surface area contributed by atoms with Gasteiger partial charge in [-0.15, -0.1) is 0 Å². The van der Waals surface area contributed by atoms with Crippen molar-refractivity contribution in [3.63, 3.8) is 0 Å². The summed E-state index contributed by atoms with van der Waals surface area (Å²) in [6.07, 6.45) is 5.46. The molecule has 0 aromatic heterocycles. The van der Waals surface area contributed by atoms with Crippen molar-refractivity contribution in [2.45, 2.75) is 27.2 Å². The van der Waals surface area contributed by atoms with Crippen molar-refractivity contribution >= 4 is 20.8 Å². The number of nitriles is 1. The molecular formula is C9H19BrNP. The SMILES string of the molecule is CCP(Br)(CC)(CC)CCC#N. The molecule has 12 heavy (non-hydrogen) atoms. The molecule has 3 heteroatoms. The van der Waals surface area contributed by atoms with Gasteiger partial charge in [0, 0.05) is 0 Å². The first-order chi connectivity index (χ1) is 5.54. The summed E-state index contributed by atoms with van der Waals surface area (Å²) in [4.78, 5) is 0. The number of hydrogen-bond acceptors (Lipinski definition) is 1. The Bertz CT molecular complexity index is 170. The van der Waals surface area contributed by atoms with Crippen LogP contribution in [0.3, 0.4) is 0 Å². The minimum atomic E-state index is -1.61. The van der Waals surface area contributed by atoms with Crippen molar-refractivity contribution in [3.8, 4) is 6.07 Å². The van der Waals surface area contributed by atoms with Crippen LogP contribution in [0.5, 0.6) is 0 Å². The van der Waals surface area contributed by atoms with Gasteiger partial charge in [0.2, 0.25) is 0 Å². The Morgan fingerprint density at radius 1 is 1.17 bits per heavy atom. The molecule has 0 radical (unpaired) electrons. The van der Waals surface area contributed by atoms with Gasteiger partial charge in [0.1, 0.15) is 0 Å². The Morgan fingerprint density at radius 3 is 1.83 bits per heavy atom. The molecule has 0 unspecified atom stereocenters. The monoisotopic (exact) mass is 251 g/mol. The van der Waals surface area contributed by atoms with E-state index in [2.05, 4.69) is 42.3 Å². The second-order valence-electron chi connectivity index (χ2n) is 3.40. The standard InChI is InChI=1S/C9H19BrNP/c1-4-12(10,5-2,6-3)9-7-8-11/h4-7,9H2,1-3H3. The zero-order valence-corrected chi connectivity index (χ0v) is 10.8. The molecule has 0 heterocycles. The van der Waals surface area contributed by atoms with Crippen molar-refractivity contribution in [3.05, 3.63) is 0 Å². The summed E-state index contributed by atoms with van der Waals surface area (Å²) in [7, 11) is 0. The molecule has 0 N–H and O–H groups in total. The van der Waals surface area contributed by atoms with Crippen LogP contribution in [0.2, 0.25) is 0 Å². The van der Waals surface area contributed by atoms with Crippen LogP contribution in [0.4, 0.5) is 0 Å². The Kier molecular flexibility index (Phi) is 4.74. The third-order valence-electron chi connectivity index (χ3n) is 3.15. The zero-order valence-electron chi connectivity index (χ0n) is 8.31. The third kappa shape index (κ3) is 2.71. The molecule has 0 aromatic rings. The first kappa shape index (κ1) is 12.4. The van der Waals surface area contributed by atoms with Crippen molar-refractivity contribution in [2.75, 3.05) is 24.6 Å². The molecule has 0 fully saturated rings. The Morgan fingerprint density at radius 2 is 1.58 bits per heavy atom.